The lowest BCUT2D eigenvalue weighted by atomic mass is 9.99. The largest absolute Gasteiger partial charge is 0.467 e. The van der Waals surface area contributed by atoms with Crippen LogP contribution in [0.3, 0.4) is 0 Å². The molecule has 0 saturated carbocycles. The summed E-state index contributed by atoms with van der Waals surface area (Å²) in [6.07, 6.45) is -4.33. The highest BCUT2D eigenvalue weighted by atomic mass is 19.4. The molecule has 0 unspecified atom stereocenters. The van der Waals surface area contributed by atoms with Crippen LogP contribution in [0, 0.1) is 5.92 Å². The van der Waals surface area contributed by atoms with Gasteiger partial charge < -0.3 is 14.8 Å². The maximum absolute atomic E-state index is 13.1. The highest BCUT2D eigenvalue weighted by Gasteiger charge is 2.35. The molecule has 1 N–H and O–H groups in total. The fraction of sp³-hybridized carbons (Fsp3) is 0.500. The average Bonchev–Trinajstić information content (AvgIpc) is 3.07. The SMILES string of the molecule is COC(=O)[C@H](Cc1ccccc1C(F)(F)F)NC(=O)[C@H]1CCOC1. The molecule has 8 heteroatoms. The standard InChI is InChI=1S/C16H18F3NO4/c1-23-15(22)13(20-14(21)11-6-7-24-9-11)8-10-4-2-3-5-12(10)16(17,18)19/h2-5,11,13H,6-9H2,1H3,(H,20,21)/t11-,13-/m0/s1. The first-order valence-electron chi connectivity index (χ1n) is 7.44. The molecule has 132 valence electrons. The van der Waals surface area contributed by atoms with Gasteiger partial charge >= 0.3 is 12.1 Å². The van der Waals surface area contributed by atoms with Crippen LogP contribution < -0.4 is 5.32 Å². The molecule has 1 aliphatic heterocycles. The molecule has 5 nitrogen and oxygen atoms in total. The maximum Gasteiger partial charge on any atom is 0.416 e. The quantitative estimate of drug-likeness (QED) is 0.829. The Morgan fingerprint density at radius 3 is 2.67 bits per heavy atom. The summed E-state index contributed by atoms with van der Waals surface area (Å²) in [4.78, 5) is 24.0. The minimum Gasteiger partial charge on any atom is -0.467 e. The zero-order valence-electron chi connectivity index (χ0n) is 13.1. The van der Waals surface area contributed by atoms with Gasteiger partial charge in [0.25, 0.3) is 0 Å². The van der Waals surface area contributed by atoms with Crippen LogP contribution in [0.15, 0.2) is 24.3 Å². The van der Waals surface area contributed by atoms with Crippen LogP contribution in [-0.4, -0.2) is 38.2 Å². The van der Waals surface area contributed by atoms with E-state index in [1.54, 1.807) is 0 Å². The first-order valence-corrected chi connectivity index (χ1v) is 7.44. The fourth-order valence-electron chi connectivity index (χ4n) is 2.56. The van der Waals surface area contributed by atoms with Gasteiger partial charge in [-0.25, -0.2) is 4.79 Å². The summed E-state index contributed by atoms with van der Waals surface area (Å²) >= 11 is 0. The molecule has 0 aromatic heterocycles. The van der Waals surface area contributed by atoms with Gasteiger partial charge in [0.15, 0.2) is 0 Å². The minimum atomic E-state index is -4.54. The number of carbonyl (C=O) groups excluding carboxylic acids is 2. The molecule has 1 aromatic carbocycles. The number of hydrogen-bond donors (Lipinski definition) is 1. The molecule has 1 heterocycles. The Balaban J connectivity index is 2.18. The zero-order valence-corrected chi connectivity index (χ0v) is 13.1. The number of rotatable bonds is 5. The van der Waals surface area contributed by atoms with Crippen LogP contribution in [-0.2, 0) is 31.7 Å². The number of benzene rings is 1. The van der Waals surface area contributed by atoms with E-state index in [4.69, 9.17) is 4.74 Å². The number of methoxy groups -OCH3 is 1. The van der Waals surface area contributed by atoms with Crippen molar-refractivity contribution in [3.63, 3.8) is 0 Å². The molecular weight excluding hydrogens is 327 g/mol. The number of esters is 1. The van der Waals surface area contributed by atoms with Gasteiger partial charge in [-0.15, -0.1) is 0 Å². The third-order valence-corrected chi connectivity index (χ3v) is 3.85. The topological polar surface area (TPSA) is 64.6 Å². The predicted molar refractivity (Wildman–Crippen MR) is 78.0 cm³/mol. The Labute approximate surface area is 137 Å². The van der Waals surface area contributed by atoms with Gasteiger partial charge in [-0.3, -0.25) is 4.79 Å². The van der Waals surface area contributed by atoms with E-state index in [1.807, 2.05) is 0 Å². The number of hydrogen-bond acceptors (Lipinski definition) is 4. The molecule has 0 spiro atoms. The monoisotopic (exact) mass is 345 g/mol. The van der Waals surface area contributed by atoms with Crippen molar-refractivity contribution in [2.24, 2.45) is 5.92 Å². The van der Waals surface area contributed by atoms with E-state index in [-0.39, 0.29) is 18.6 Å². The van der Waals surface area contributed by atoms with Crippen molar-refractivity contribution in [2.75, 3.05) is 20.3 Å². The Morgan fingerprint density at radius 1 is 1.38 bits per heavy atom. The lowest BCUT2D eigenvalue weighted by molar-refractivity contribution is -0.146. The third-order valence-electron chi connectivity index (χ3n) is 3.85. The highest BCUT2D eigenvalue weighted by Crippen LogP contribution is 2.32. The third kappa shape index (κ3) is 4.47. The molecule has 1 aliphatic rings. The van der Waals surface area contributed by atoms with Crippen molar-refractivity contribution in [3.8, 4) is 0 Å². The molecule has 2 atom stereocenters. The van der Waals surface area contributed by atoms with Crippen molar-refractivity contribution in [3.05, 3.63) is 35.4 Å². The van der Waals surface area contributed by atoms with Crippen LogP contribution in [0.25, 0.3) is 0 Å². The van der Waals surface area contributed by atoms with E-state index in [2.05, 4.69) is 10.1 Å². The second-order valence-electron chi connectivity index (χ2n) is 5.50. The number of alkyl halides is 3. The second-order valence-corrected chi connectivity index (χ2v) is 5.50. The number of halogens is 3. The van der Waals surface area contributed by atoms with Gasteiger partial charge in [0.05, 0.1) is 25.2 Å². The molecule has 2 rings (SSSR count). The Hall–Kier alpha value is -2.09. The summed E-state index contributed by atoms with van der Waals surface area (Å²) in [5.41, 5.74) is -0.916. The van der Waals surface area contributed by atoms with Crippen LogP contribution in [0.5, 0.6) is 0 Å². The van der Waals surface area contributed by atoms with Crippen LogP contribution in [0.1, 0.15) is 17.5 Å². The Kier molecular flexibility index (Phi) is 5.82. The second kappa shape index (κ2) is 7.65. The van der Waals surface area contributed by atoms with Crippen LogP contribution in [0.2, 0.25) is 0 Å². The van der Waals surface area contributed by atoms with Crippen molar-refractivity contribution in [2.45, 2.75) is 25.1 Å². The number of amides is 1. The van der Waals surface area contributed by atoms with Crippen LogP contribution in [0.4, 0.5) is 13.2 Å². The first kappa shape index (κ1) is 18.3. The maximum atomic E-state index is 13.1. The van der Waals surface area contributed by atoms with E-state index < -0.39 is 35.6 Å². The van der Waals surface area contributed by atoms with Crippen molar-refractivity contribution < 1.29 is 32.2 Å². The van der Waals surface area contributed by atoms with E-state index in [0.717, 1.165) is 13.2 Å². The number of nitrogens with one attached hydrogen (secondary N) is 1. The molecular formula is C16H18F3NO4. The van der Waals surface area contributed by atoms with Gasteiger partial charge in [-0.05, 0) is 18.1 Å². The van der Waals surface area contributed by atoms with E-state index in [9.17, 15) is 22.8 Å². The normalized spacial score (nSPS) is 18.9. The average molecular weight is 345 g/mol. The summed E-state index contributed by atoms with van der Waals surface area (Å²) in [5, 5.41) is 2.48. The molecule has 1 amide bonds. The summed E-state index contributed by atoms with van der Waals surface area (Å²) in [7, 11) is 1.12. The van der Waals surface area contributed by atoms with Crippen LogP contribution >= 0.6 is 0 Å². The predicted octanol–water partition coefficient (Wildman–Crippen LogP) is 1.94. The molecule has 1 fully saturated rings. The minimum absolute atomic E-state index is 0.0802. The van der Waals surface area contributed by atoms with Gasteiger partial charge in [0, 0.05) is 13.0 Å². The van der Waals surface area contributed by atoms with Gasteiger partial charge in [0.1, 0.15) is 6.04 Å². The molecule has 1 saturated heterocycles. The Bertz CT molecular complexity index is 597. The number of carbonyl (C=O) groups is 2. The molecule has 24 heavy (non-hydrogen) atoms. The Morgan fingerprint density at radius 2 is 2.08 bits per heavy atom. The van der Waals surface area contributed by atoms with Gasteiger partial charge in [-0.2, -0.15) is 13.2 Å². The lowest BCUT2D eigenvalue weighted by Crippen LogP contribution is -2.45. The van der Waals surface area contributed by atoms with E-state index in [1.165, 1.54) is 18.2 Å². The summed E-state index contributed by atoms with van der Waals surface area (Å²) < 4.78 is 48.9. The summed E-state index contributed by atoms with van der Waals surface area (Å²) in [6.45, 7) is 0.677. The van der Waals surface area contributed by atoms with Crippen molar-refractivity contribution in [1.29, 1.82) is 0 Å². The zero-order chi connectivity index (χ0) is 17.7. The van der Waals surface area contributed by atoms with Crippen molar-refractivity contribution >= 4 is 11.9 Å². The first-order chi connectivity index (χ1) is 11.3. The molecule has 0 bridgehead atoms. The fourth-order valence-corrected chi connectivity index (χ4v) is 2.56. The highest BCUT2D eigenvalue weighted by molar-refractivity contribution is 5.86. The lowest BCUT2D eigenvalue weighted by Gasteiger charge is -2.20. The number of ether oxygens (including phenoxy) is 2. The summed E-state index contributed by atoms with van der Waals surface area (Å²) in [5.74, 6) is -1.62. The van der Waals surface area contributed by atoms with E-state index in [0.29, 0.717) is 13.0 Å². The molecule has 1 aromatic rings. The van der Waals surface area contributed by atoms with Crippen molar-refractivity contribution in [1.82, 2.24) is 5.32 Å². The van der Waals surface area contributed by atoms with E-state index >= 15 is 0 Å². The van der Waals surface area contributed by atoms with Gasteiger partial charge in [-0.1, -0.05) is 18.2 Å². The van der Waals surface area contributed by atoms with Gasteiger partial charge in [0.2, 0.25) is 5.91 Å². The summed E-state index contributed by atoms with van der Waals surface area (Å²) in [6, 6.07) is 3.76. The molecule has 0 aliphatic carbocycles. The smallest absolute Gasteiger partial charge is 0.416 e. The molecule has 0 radical (unpaired) electrons.